The summed E-state index contributed by atoms with van der Waals surface area (Å²) in [5.41, 5.74) is 1.13. The molecular formula is C13H22O3. The van der Waals surface area contributed by atoms with Crippen molar-refractivity contribution in [1.82, 2.24) is 0 Å². The molecule has 0 saturated carbocycles. The average Bonchev–Trinajstić information content (AvgIpc) is 2.17. The first-order chi connectivity index (χ1) is 7.43. The molecule has 0 fully saturated rings. The minimum atomic E-state index is -0.467. The first kappa shape index (κ1) is 13.2. The summed E-state index contributed by atoms with van der Waals surface area (Å²) in [6, 6.07) is 0. The van der Waals surface area contributed by atoms with E-state index in [1.54, 1.807) is 0 Å². The molecule has 0 heterocycles. The highest BCUT2D eigenvalue weighted by Crippen LogP contribution is 2.39. The van der Waals surface area contributed by atoms with E-state index in [4.69, 9.17) is 9.84 Å². The lowest BCUT2D eigenvalue weighted by molar-refractivity contribution is -0.146. The number of aliphatic hydroxyl groups is 1. The van der Waals surface area contributed by atoms with Crippen LogP contribution in [0, 0.1) is 5.41 Å². The van der Waals surface area contributed by atoms with E-state index in [0.29, 0.717) is 12.9 Å². The van der Waals surface area contributed by atoms with Gasteiger partial charge < -0.3 is 9.84 Å². The molecule has 0 radical (unpaired) electrons. The smallest absolute Gasteiger partial charge is 0.293 e. The minimum absolute atomic E-state index is 0.0620. The summed E-state index contributed by atoms with van der Waals surface area (Å²) in [5.74, 6) is 0. The van der Waals surface area contributed by atoms with Gasteiger partial charge in [-0.15, -0.1) is 0 Å². The Kier molecular flexibility index (Phi) is 4.14. The molecule has 0 aliphatic heterocycles. The molecule has 0 aromatic heterocycles. The maximum absolute atomic E-state index is 10.5. The highest BCUT2D eigenvalue weighted by atomic mass is 16.5. The van der Waals surface area contributed by atoms with Crippen LogP contribution in [0.5, 0.6) is 0 Å². The van der Waals surface area contributed by atoms with Gasteiger partial charge in [0.25, 0.3) is 6.47 Å². The Morgan fingerprint density at radius 1 is 1.56 bits per heavy atom. The van der Waals surface area contributed by atoms with Gasteiger partial charge in [-0.3, -0.25) is 4.79 Å². The summed E-state index contributed by atoms with van der Waals surface area (Å²) in [6.45, 7) is 7.15. The predicted molar refractivity (Wildman–Crippen MR) is 63.0 cm³/mol. The second kappa shape index (κ2) is 5.00. The molecule has 1 unspecified atom stereocenters. The maximum atomic E-state index is 10.5. The van der Waals surface area contributed by atoms with Crippen LogP contribution in [-0.2, 0) is 9.53 Å². The molecule has 1 N–H and O–H groups in total. The first-order valence-corrected chi connectivity index (χ1v) is 5.85. The van der Waals surface area contributed by atoms with Crippen LogP contribution < -0.4 is 0 Å². The molecule has 0 amide bonds. The summed E-state index contributed by atoms with van der Waals surface area (Å²) in [7, 11) is 0. The van der Waals surface area contributed by atoms with Crippen molar-refractivity contribution in [3.63, 3.8) is 0 Å². The van der Waals surface area contributed by atoms with Gasteiger partial charge in [-0.25, -0.2) is 0 Å². The predicted octanol–water partition coefficient (Wildman–Crippen LogP) is 2.44. The van der Waals surface area contributed by atoms with Crippen molar-refractivity contribution in [2.45, 2.75) is 52.1 Å². The molecule has 0 spiro atoms. The number of carbonyl (C=O) groups excluding carboxylic acids is 1. The number of hydrogen-bond acceptors (Lipinski definition) is 3. The fraction of sp³-hybridized carbons (Fsp3) is 0.769. The molecule has 0 bridgehead atoms. The van der Waals surface area contributed by atoms with Crippen molar-refractivity contribution in [2.24, 2.45) is 5.41 Å². The summed E-state index contributed by atoms with van der Waals surface area (Å²) in [4.78, 5) is 10.5. The van der Waals surface area contributed by atoms with Crippen LogP contribution >= 0.6 is 0 Å². The van der Waals surface area contributed by atoms with Crippen LogP contribution in [0.1, 0.15) is 46.5 Å². The van der Waals surface area contributed by atoms with Gasteiger partial charge in [-0.1, -0.05) is 32.4 Å². The van der Waals surface area contributed by atoms with E-state index >= 15 is 0 Å². The standard InChI is InChI=1S/C13H22O3/c1-12(2,3)11-4-6-13(7-5-11,8-9-14)16-10-15/h4,10,14H,5-9H2,1-3H3. The van der Waals surface area contributed by atoms with Crippen LogP contribution in [0.2, 0.25) is 0 Å². The quantitative estimate of drug-likeness (QED) is 0.591. The number of ether oxygens (including phenoxy) is 1. The van der Waals surface area contributed by atoms with E-state index in [0.717, 1.165) is 19.3 Å². The molecule has 0 aromatic carbocycles. The zero-order valence-corrected chi connectivity index (χ0v) is 10.5. The third-order valence-corrected chi connectivity index (χ3v) is 3.40. The summed E-state index contributed by atoms with van der Waals surface area (Å²) in [5, 5.41) is 9.02. The van der Waals surface area contributed by atoms with Gasteiger partial charge in [0.15, 0.2) is 0 Å². The van der Waals surface area contributed by atoms with E-state index in [9.17, 15) is 4.79 Å². The Morgan fingerprint density at radius 2 is 2.25 bits per heavy atom. The Morgan fingerprint density at radius 3 is 2.62 bits per heavy atom. The monoisotopic (exact) mass is 226 g/mol. The van der Waals surface area contributed by atoms with Crippen LogP contribution in [-0.4, -0.2) is 23.8 Å². The molecule has 1 aliphatic rings. The number of aliphatic hydroxyl groups excluding tert-OH is 1. The van der Waals surface area contributed by atoms with Gasteiger partial charge in [0.2, 0.25) is 0 Å². The van der Waals surface area contributed by atoms with Gasteiger partial charge in [0.05, 0.1) is 0 Å². The molecule has 16 heavy (non-hydrogen) atoms. The van der Waals surface area contributed by atoms with Crippen molar-refractivity contribution in [3.8, 4) is 0 Å². The first-order valence-electron chi connectivity index (χ1n) is 5.85. The fourth-order valence-electron chi connectivity index (χ4n) is 2.26. The van der Waals surface area contributed by atoms with Crippen molar-refractivity contribution >= 4 is 6.47 Å². The Labute approximate surface area is 97.5 Å². The van der Waals surface area contributed by atoms with Crippen molar-refractivity contribution < 1.29 is 14.6 Å². The molecule has 0 saturated heterocycles. The number of carbonyl (C=O) groups is 1. The second-order valence-electron chi connectivity index (χ2n) is 5.55. The van der Waals surface area contributed by atoms with E-state index in [2.05, 4.69) is 26.8 Å². The zero-order chi connectivity index (χ0) is 12.2. The van der Waals surface area contributed by atoms with Gasteiger partial charge in [0, 0.05) is 19.4 Å². The molecule has 3 heteroatoms. The van der Waals surface area contributed by atoms with Crippen LogP contribution in [0.4, 0.5) is 0 Å². The Hall–Kier alpha value is -0.830. The molecule has 1 aliphatic carbocycles. The SMILES string of the molecule is CC(C)(C)C1=CCC(CCO)(OC=O)CC1. The van der Waals surface area contributed by atoms with Gasteiger partial charge >= 0.3 is 0 Å². The highest BCUT2D eigenvalue weighted by molar-refractivity contribution is 5.39. The molecule has 3 nitrogen and oxygen atoms in total. The number of rotatable bonds is 4. The van der Waals surface area contributed by atoms with E-state index in [-0.39, 0.29) is 12.0 Å². The van der Waals surface area contributed by atoms with Crippen molar-refractivity contribution in [2.75, 3.05) is 6.61 Å². The lowest BCUT2D eigenvalue weighted by Gasteiger charge is -2.37. The van der Waals surface area contributed by atoms with E-state index < -0.39 is 5.60 Å². The summed E-state index contributed by atoms with van der Waals surface area (Å²) >= 11 is 0. The number of hydrogen-bond donors (Lipinski definition) is 1. The van der Waals surface area contributed by atoms with Crippen LogP contribution in [0.3, 0.4) is 0 Å². The molecule has 92 valence electrons. The van der Waals surface area contributed by atoms with E-state index in [1.807, 2.05) is 0 Å². The lowest BCUT2D eigenvalue weighted by Crippen LogP contribution is -2.36. The molecular weight excluding hydrogens is 204 g/mol. The maximum Gasteiger partial charge on any atom is 0.293 e. The third kappa shape index (κ3) is 3.08. The van der Waals surface area contributed by atoms with Gasteiger partial charge in [0.1, 0.15) is 5.60 Å². The van der Waals surface area contributed by atoms with E-state index in [1.165, 1.54) is 5.57 Å². The molecule has 1 atom stereocenters. The minimum Gasteiger partial charge on any atom is -0.461 e. The van der Waals surface area contributed by atoms with Crippen molar-refractivity contribution in [1.29, 1.82) is 0 Å². The highest BCUT2D eigenvalue weighted by Gasteiger charge is 2.35. The second-order valence-corrected chi connectivity index (χ2v) is 5.55. The lowest BCUT2D eigenvalue weighted by atomic mass is 9.75. The topological polar surface area (TPSA) is 46.5 Å². The van der Waals surface area contributed by atoms with Crippen LogP contribution in [0.25, 0.3) is 0 Å². The van der Waals surface area contributed by atoms with Crippen molar-refractivity contribution in [3.05, 3.63) is 11.6 Å². The molecule has 1 rings (SSSR count). The zero-order valence-electron chi connectivity index (χ0n) is 10.5. The fourth-order valence-corrected chi connectivity index (χ4v) is 2.26. The number of allylic oxidation sites excluding steroid dienone is 1. The normalized spacial score (nSPS) is 26.1. The third-order valence-electron chi connectivity index (χ3n) is 3.40. The van der Waals surface area contributed by atoms with Crippen LogP contribution in [0.15, 0.2) is 11.6 Å². The Balaban J connectivity index is 2.75. The van der Waals surface area contributed by atoms with Gasteiger partial charge in [-0.2, -0.15) is 0 Å². The van der Waals surface area contributed by atoms with Gasteiger partial charge in [-0.05, 0) is 18.3 Å². The molecule has 0 aromatic rings. The summed E-state index contributed by atoms with van der Waals surface area (Å²) in [6.07, 6.45) is 5.17. The average molecular weight is 226 g/mol. The summed E-state index contributed by atoms with van der Waals surface area (Å²) < 4.78 is 5.19. The Bertz CT molecular complexity index is 275. The largest absolute Gasteiger partial charge is 0.461 e.